The molecule has 16 heavy (non-hydrogen) atoms. The summed E-state index contributed by atoms with van der Waals surface area (Å²) >= 11 is 1.82. The van der Waals surface area contributed by atoms with Crippen LogP contribution in [0.5, 0.6) is 5.75 Å². The summed E-state index contributed by atoms with van der Waals surface area (Å²) in [6, 6.07) is 2.03. The van der Waals surface area contributed by atoms with Crippen LogP contribution in [0.3, 0.4) is 0 Å². The number of ether oxygens (including phenoxy) is 1. The van der Waals surface area contributed by atoms with Crippen LogP contribution in [0.25, 0.3) is 0 Å². The molecule has 1 aromatic rings. The summed E-state index contributed by atoms with van der Waals surface area (Å²) in [6.45, 7) is 1.10. The highest BCUT2D eigenvalue weighted by Crippen LogP contribution is 2.36. The molecule has 0 unspecified atom stereocenters. The zero-order valence-corrected chi connectivity index (χ0v) is 10.6. The minimum atomic E-state index is -4.56. The number of Topliss-reactive ketones (excluding diaryl/α,β-unsaturated/α-hetero) is 1. The summed E-state index contributed by atoms with van der Waals surface area (Å²) in [6.07, 6.45) is -4.56. The van der Waals surface area contributed by atoms with Gasteiger partial charge >= 0.3 is 6.18 Å². The topological polar surface area (TPSA) is 26.3 Å². The molecule has 1 rings (SSSR count). The minimum Gasteiger partial charge on any atom is -0.496 e. The summed E-state index contributed by atoms with van der Waals surface area (Å²) in [5, 5.41) is 0. The van der Waals surface area contributed by atoms with Crippen molar-refractivity contribution in [3.8, 4) is 5.75 Å². The molecule has 2 nitrogen and oxygen atoms in total. The molecule has 0 saturated carbocycles. The van der Waals surface area contributed by atoms with Crippen molar-refractivity contribution in [2.24, 2.45) is 0 Å². The molecule has 0 atom stereocenters. The number of benzene rings is 1. The fraction of sp³-hybridized carbons (Fsp3) is 0.300. The van der Waals surface area contributed by atoms with Crippen molar-refractivity contribution < 1.29 is 22.7 Å². The van der Waals surface area contributed by atoms with Gasteiger partial charge in [-0.1, -0.05) is 0 Å². The Morgan fingerprint density at radius 3 is 2.31 bits per heavy atom. The van der Waals surface area contributed by atoms with E-state index in [0.29, 0.717) is 3.57 Å². The molecule has 0 heterocycles. The highest BCUT2D eigenvalue weighted by atomic mass is 127. The predicted molar refractivity (Wildman–Crippen MR) is 60.7 cm³/mol. The highest BCUT2D eigenvalue weighted by molar-refractivity contribution is 14.1. The molecule has 1 aromatic carbocycles. The molecule has 0 aliphatic carbocycles. The molecule has 0 aliphatic rings. The van der Waals surface area contributed by atoms with Gasteiger partial charge in [-0.3, -0.25) is 4.79 Å². The third-order valence-corrected chi connectivity index (χ3v) is 2.82. The average Bonchev–Trinajstić information content (AvgIpc) is 2.15. The lowest BCUT2D eigenvalue weighted by atomic mass is 10.0. The van der Waals surface area contributed by atoms with Gasteiger partial charge < -0.3 is 4.74 Å². The monoisotopic (exact) mass is 344 g/mol. The van der Waals surface area contributed by atoms with Gasteiger partial charge in [0, 0.05) is 5.56 Å². The zero-order chi connectivity index (χ0) is 12.5. The van der Waals surface area contributed by atoms with Crippen LogP contribution in [0, 0.1) is 3.57 Å². The Labute approximate surface area is 104 Å². The van der Waals surface area contributed by atoms with Gasteiger partial charge in [-0.2, -0.15) is 13.2 Å². The maximum absolute atomic E-state index is 12.6. The molecule has 0 aromatic heterocycles. The summed E-state index contributed by atoms with van der Waals surface area (Å²) in [4.78, 5) is 11.1. The number of hydrogen-bond acceptors (Lipinski definition) is 2. The summed E-state index contributed by atoms with van der Waals surface area (Å²) in [5.41, 5.74) is -1.30. The van der Waals surface area contributed by atoms with Gasteiger partial charge in [0.15, 0.2) is 5.78 Å². The van der Waals surface area contributed by atoms with Crippen molar-refractivity contribution in [3.05, 3.63) is 26.8 Å². The van der Waals surface area contributed by atoms with Gasteiger partial charge in [0.2, 0.25) is 0 Å². The van der Waals surface area contributed by atoms with Crippen molar-refractivity contribution in [2.75, 3.05) is 7.11 Å². The van der Waals surface area contributed by atoms with Gasteiger partial charge in [-0.05, 0) is 41.6 Å². The molecule has 0 aliphatic heterocycles. The molecular weight excluding hydrogens is 336 g/mol. The van der Waals surface area contributed by atoms with Crippen LogP contribution in [0.15, 0.2) is 12.1 Å². The van der Waals surface area contributed by atoms with E-state index in [-0.39, 0.29) is 11.3 Å². The largest absolute Gasteiger partial charge is 0.496 e. The Morgan fingerprint density at radius 1 is 1.38 bits per heavy atom. The fourth-order valence-corrected chi connectivity index (χ4v) is 1.92. The molecule has 0 saturated heterocycles. The number of ketones is 1. The third kappa shape index (κ3) is 2.66. The number of rotatable bonds is 2. The van der Waals surface area contributed by atoms with E-state index in [4.69, 9.17) is 4.74 Å². The number of halogens is 4. The Hall–Kier alpha value is -0.790. The van der Waals surface area contributed by atoms with Crippen LogP contribution in [-0.2, 0) is 6.18 Å². The number of methoxy groups -OCH3 is 1. The second-order valence-electron chi connectivity index (χ2n) is 3.09. The highest BCUT2D eigenvalue weighted by Gasteiger charge is 2.35. The van der Waals surface area contributed by atoms with Crippen molar-refractivity contribution in [1.29, 1.82) is 0 Å². The van der Waals surface area contributed by atoms with Crippen molar-refractivity contribution >= 4 is 28.4 Å². The zero-order valence-electron chi connectivity index (χ0n) is 8.48. The summed E-state index contributed by atoms with van der Waals surface area (Å²) in [5.74, 6) is -0.509. The van der Waals surface area contributed by atoms with E-state index in [1.54, 1.807) is 0 Å². The van der Waals surface area contributed by atoms with Crippen LogP contribution in [-0.4, -0.2) is 12.9 Å². The van der Waals surface area contributed by atoms with Crippen LogP contribution in [0.4, 0.5) is 13.2 Å². The molecule has 0 N–H and O–H groups in total. The Balaban J connectivity index is 3.49. The lowest BCUT2D eigenvalue weighted by molar-refractivity contribution is -0.138. The van der Waals surface area contributed by atoms with Gasteiger partial charge in [-0.15, -0.1) is 0 Å². The SMILES string of the molecule is COc1cc(C(F)(F)F)c(C(C)=O)cc1I. The van der Waals surface area contributed by atoms with Gasteiger partial charge in [0.1, 0.15) is 5.75 Å². The molecule has 0 radical (unpaired) electrons. The second kappa shape index (κ2) is 4.60. The average molecular weight is 344 g/mol. The number of carbonyl (C=O) groups is 1. The van der Waals surface area contributed by atoms with Crippen LogP contribution >= 0.6 is 22.6 Å². The predicted octanol–water partition coefficient (Wildman–Crippen LogP) is 3.52. The first-order valence-corrected chi connectivity index (χ1v) is 5.31. The standard InChI is InChI=1S/C10H8F3IO2/c1-5(15)6-3-8(14)9(16-2)4-7(6)10(11,12)13/h3-4H,1-2H3. The van der Waals surface area contributed by atoms with E-state index in [1.807, 2.05) is 22.6 Å². The molecular formula is C10H8F3IO2. The minimum absolute atomic E-state index is 0.109. The third-order valence-electron chi connectivity index (χ3n) is 1.98. The summed E-state index contributed by atoms with van der Waals surface area (Å²) in [7, 11) is 1.28. The number of alkyl halides is 3. The van der Waals surface area contributed by atoms with E-state index in [9.17, 15) is 18.0 Å². The number of hydrogen-bond donors (Lipinski definition) is 0. The smallest absolute Gasteiger partial charge is 0.417 e. The maximum atomic E-state index is 12.6. The lowest BCUT2D eigenvalue weighted by Crippen LogP contribution is -2.12. The Bertz CT molecular complexity index is 427. The Morgan fingerprint density at radius 2 is 1.94 bits per heavy atom. The first-order chi connectivity index (χ1) is 7.27. The fourth-order valence-electron chi connectivity index (χ4n) is 1.24. The normalized spacial score (nSPS) is 11.4. The molecule has 0 fully saturated rings. The van der Waals surface area contributed by atoms with Gasteiger partial charge in [0.05, 0.1) is 16.2 Å². The summed E-state index contributed by atoms with van der Waals surface area (Å²) < 4.78 is 43.2. The quantitative estimate of drug-likeness (QED) is 0.606. The van der Waals surface area contributed by atoms with Gasteiger partial charge in [-0.25, -0.2) is 0 Å². The molecule has 0 bridgehead atoms. The van der Waals surface area contributed by atoms with Crippen LogP contribution in [0.1, 0.15) is 22.8 Å². The van der Waals surface area contributed by atoms with E-state index in [1.165, 1.54) is 13.2 Å². The van der Waals surface area contributed by atoms with Crippen LogP contribution < -0.4 is 4.74 Å². The van der Waals surface area contributed by atoms with Crippen molar-refractivity contribution in [3.63, 3.8) is 0 Å². The van der Waals surface area contributed by atoms with Gasteiger partial charge in [0.25, 0.3) is 0 Å². The Kier molecular flexibility index (Phi) is 3.82. The van der Waals surface area contributed by atoms with Crippen molar-refractivity contribution in [1.82, 2.24) is 0 Å². The van der Waals surface area contributed by atoms with Crippen molar-refractivity contribution in [2.45, 2.75) is 13.1 Å². The van der Waals surface area contributed by atoms with E-state index >= 15 is 0 Å². The van der Waals surface area contributed by atoms with E-state index < -0.39 is 17.5 Å². The first kappa shape index (κ1) is 13.3. The molecule has 88 valence electrons. The molecule has 0 spiro atoms. The second-order valence-corrected chi connectivity index (χ2v) is 4.25. The molecule has 0 amide bonds. The number of carbonyl (C=O) groups excluding carboxylic acids is 1. The maximum Gasteiger partial charge on any atom is 0.417 e. The first-order valence-electron chi connectivity index (χ1n) is 4.23. The van der Waals surface area contributed by atoms with Crippen LogP contribution in [0.2, 0.25) is 0 Å². The van der Waals surface area contributed by atoms with E-state index in [2.05, 4.69) is 0 Å². The molecule has 6 heteroatoms. The lowest BCUT2D eigenvalue weighted by Gasteiger charge is -2.13. The van der Waals surface area contributed by atoms with E-state index in [0.717, 1.165) is 13.0 Å².